The summed E-state index contributed by atoms with van der Waals surface area (Å²) in [7, 11) is 1.89. The molecule has 1 heterocycles. The Kier molecular flexibility index (Phi) is 3.99. The van der Waals surface area contributed by atoms with Crippen molar-refractivity contribution in [3.05, 3.63) is 27.9 Å². The molecular formula is C13H20N4O2. The summed E-state index contributed by atoms with van der Waals surface area (Å²) in [5.74, 6) is 0.463. The molecule has 0 unspecified atom stereocenters. The lowest BCUT2D eigenvalue weighted by molar-refractivity contribution is -0.384. The Morgan fingerprint density at radius 2 is 2.00 bits per heavy atom. The molecule has 0 saturated heterocycles. The molecule has 1 aromatic heterocycles. The maximum atomic E-state index is 11.1. The van der Waals surface area contributed by atoms with Gasteiger partial charge in [0, 0.05) is 30.9 Å². The highest BCUT2D eigenvalue weighted by Crippen LogP contribution is 2.30. The van der Waals surface area contributed by atoms with E-state index in [1.165, 1.54) is 6.07 Å². The van der Waals surface area contributed by atoms with Gasteiger partial charge < -0.3 is 10.6 Å². The summed E-state index contributed by atoms with van der Waals surface area (Å²) in [6.07, 6.45) is 3.86. The summed E-state index contributed by atoms with van der Waals surface area (Å²) in [5.41, 5.74) is 6.76. The van der Waals surface area contributed by atoms with Crippen molar-refractivity contribution in [3.8, 4) is 0 Å². The summed E-state index contributed by atoms with van der Waals surface area (Å²) in [5, 5.41) is 11.1. The van der Waals surface area contributed by atoms with E-state index in [0.29, 0.717) is 5.82 Å². The zero-order chi connectivity index (χ0) is 14.0. The molecule has 6 heteroatoms. The lowest BCUT2D eigenvalue weighted by Gasteiger charge is -2.34. The van der Waals surface area contributed by atoms with Crippen LogP contribution in [-0.2, 0) is 0 Å². The van der Waals surface area contributed by atoms with Gasteiger partial charge in [-0.3, -0.25) is 10.1 Å². The molecule has 0 bridgehead atoms. The second kappa shape index (κ2) is 5.52. The summed E-state index contributed by atoms with van der Waals surface area (Å²) < 4.78 is 0. The van der Waals surface area contributed by atoms with Gasteiger partial charge in [0.25, 0.3) is 0 Å². The van der Waals surface area contributed by atoms with E-state index in [1.54, 1.807) is 6.07 Å². The summed E-state index contributed by atoms with van der Waals surface area (Å²) in [4.78, 5) is 17.0. The van der Waals surface area contributed by atoms with Crippen LogP contribution in [0.3, 0.4) is 0 Å². The van der Waals surface area contributed by atoms with E-state index in [2.05, 4.69) is 4.98 Å². The zero-order valence-corrected chi connectivity index (χ0v) is 11.4. The van der Waals surface area contributed by atoms with Crippen LogP contribution in [0, 0.1) is 17.0 Å². The van der Waals surface area contributed by atoms with E-state index in [9.17, 15) is 10.1 Å². The van der Waals surface area contributed by atoms with Gasteiger partial charge in [-0.05, 0) is 38.7 Å². The Bertz CT molecular complexity index is 470. The first kappa shape index (κ1) is 13.7. The van der Waals surface area contributed by atoms with Crippen molar-refractivity contribution in [1.29, 1.82) is 0 Å². The minimum atomic E-state index is -0.368. The molecule has 1 aliphatic rings. The average molecular weight is 264 g/mol. The van der Waals surface area contributed by atoms with Crippen molar-refractivity contribution >= 4 is 11.5 Å². The summed E-state index contributed by atoms with van der Waals surface area (Å²) in [6, 6.07) is 3.76. The third-order valence-electron chi connectivity index (χ3n) is 3.81. The van der Waals surface area contributed by atoms with Gasteiger partial charge in [-0.1, -0.05) is 0 Å². The SMILES string of the molecule is Cc1ccc([N+](=O)[O-])c(N(C)C2CCC(N)CC2)n1. The first-order valence-corrected chi connectivity index (χ1v) is 6.59. The van der Waals surface area contributed by atoms with Crippen molar-refractivity contribution in [2.75, 3.05) is 11.9 Å². The highest BCUT2D eigenvalue weighted by Gasteiger charge is 2.27. The number of pyridine rings is 1. The van der Waals surface area contributed by atoms with Crippen LogP contribution in [0.5, 0.6) is 0 Å². The van der Waals surface area contributed by atoms with Crippen molar-refractivity contribution in [3.63, 3.8) is 0 Å². The van der Waals surface area contributed by atoms with E-state index in [4.69, 9.17) is 5.73 Å². The Labute approximate surface area is 112 Å². The number of nitrogens with two attached hydrogens (primary N) is 1. The predicted molar refractivity (Wildman–Crippen MR) is 74.3 cm³/mol. The molecular weight excluding hydrogens is 244 g/mol. The van der Waals surface area contributed by atoms with Gasteiger partial charge in [0.2, 0.25) is 5.82 Å². The van der Waals surface area contributed by atoms with Crippen LogP contribution in [-0.4, -0.2) is 29.0 Å². The number of hydrogen-bond acceptors (Lipinski definition) is 5. The topological polar surface area (TPSA) is 85.3 Å². The number of aromatic nitrogens is 1. The fraction of sp³-hybridized carbons (Fsp3) is 0.615. The molecule has 0 atom stereocenters. The van der Waals surface area contributed by atoms with Crippen LogP contribution in [0.1, 0.15) is 31.4 Å². The fourth-order valence-corrected chi connectivity index (χ4v) is 2.60. The highest BCUT2D eigenvalue weighted by molar-refractivity contribution is 5.58. The van der Waals surface area contributed by atoms with Crippen LogP contribution >= 0.6 is 0 Å². The molecule has 2 N–H and O–H groups in total. The van der Waals surface area contributed by atoms with Crippen LogP contribution in [0.4, 0.5) is 11.5 Å². The van der Waals surface area contributed by atoms with Crippen LogP contribution in [0.25, 0.3) is 0 Å². The molecule has 0 aliphatic heterocycles. The zero-order valence-electron chi connectivity index (χ0n) is 11.4. The van der Waals surface area contributed by atoms with Gasteiger partial charge in [0.15, 0.2) is 0 Å². The largest absolute Gasteiger partial charge is 0.351 e. The maximum absolute atomic E-state index is 11.1. The molecule has 0 spiro atoms. The third-order valence-corrected chi connectivity index (χ3v) is 3.81. The smallest absolute Gasteiger partial charge is 0.311 e. The average Bonchev–Trinajstić information content (AvgIpc) is 2.38. The number of rotatable bonds is 3. The lowest BCUT2D eigenvalue weighted by Crippen LogP contribution is -2.39. The molecule has 1 fully saturated rings. The summed E-state index contributed by atoms with van der Waals surface area (Å²) >= 11 is 0. The van der Waals surface area contributed by atoms with E-state index in [0.717, 1.165) is 31.4 Å². The van der Waals surface area contributed by atoms with Gasteiger partial charge in [-0.25, -0.2) is 4.98 Å². The van der Waals surface area contributed by atoms with Gasteiger partial charge in [0.05, 0.1) is 4.92 Å². The standard InChI is InChI=1S/C13H20N4O2/c1-9-3-8-12(17(18)19)13(15-9)16(2)11-6-4-10(14)5-7-11/h3,8,10-11H,4-7,14H2,1-2H3. The molecule has 104 valence electrons. The molecule has 1 aromatic rings. The molecule has 0 radical (unpaired) electrons. The normalized spacial score (nSPS) is 23.1. The number of anilines is 1. The molecule has 6 nitrogen and oxygen atoms in total. The maximum Gasteiger partial charge on any atom is 0.311 e. The lowest BCUT2D eigenvalue weighted by atomic mass is 9.91. The van der Waals surface area contributed by atoms with Crippen LogP contribution < -0.4 is 10.6 Å². The van der Waals surface area contributed by atoms with Crippen LogP contribution in [0.15, 0.2) is 12.1 Å². The molecule has 0 aromatic carbocycles. The Morgan fingerprint density at radius 3 is 2.58 bits per heavy atom. The molecule has 1 saturated carbocycles. The first-order chi connectivity index (χ1) is 8.99. The predicted octanol–water partition coefficient (Wildman–Crippen LogP) is 2.00. The van der Waals surface area contributed by atoms with Gasteiger partial charge in [0.1, 0.15) is 0 Å². The number of hydrogen-bond donors (Lipinski definition) is 1. The third kappa shape index (κ3) is 3.01. The summed E-state index contributed by atoms with van der Waals surface area (Å²) in [6.45, 7) is 1.85. The van der Waals surface area contributed by atoms with Crippen LogP contribution in [0.2, 0.25) is 0 Å². The van der Waals surface area contributed by atoms with Crippen molar-refractivity contribution in [2.45, 2.75) is 44.7 Å². The fourth-order valence-electron chi connectivity index (χ4n) is 2.60. The second-order valence-electron chi connectivity index (χ2n) is 5.23. The number of aryl methyl sites for hydroxylation is 1. The molecule has 19 heavy (non-hydrogen) atoms. The number of nitrogens with zero attached hydrogens (tertiary/aromatic N) is 3. The monoisotopic (exact) mass is 264 g/mol. The van der Waals surface area contributed by atoms with Crippen molar-refractivity contribution in [1.82, 2.24) is 4.98 Å². The van der Waals surface area contributed by atoms with Crippen molar-refractivity contribution in [2.24, 2.45) is 5.73 Å². The number of nitro groups is 1. The molecule has 0 amide bonds. The Morgan fingerprint density at radius 1 is 1.37 bits per heavy atom. The second-order valence-corrected chi connectivity index (χ2v) is 5.23. The van der Waals surface area contributed by atoms with E-state index >= 15 is 0 Å². The van der Waals surface area contributed by atoms with Gasteiger partial charge in [-0.2, -0.15) is 0 Å². The Balaban J connectivity index is 2.25. The van der Waals surface area contributed by atoms with E-state index in [-0.39, 0.29) is 22.7 Å². The van der Waals surface area contributed by atoms with E-state index < -0.39 is 0 Å². The van der Waals surface area contributed by atoms with Gasteiger partial charge >= 0.3 is 5.69 Å². The van der Waals surface area contributed by atoms with E-state index in [1.807, 2.05) is 18.9 Å². The Hall–Kier alpha value is -1.69. The first-order valence-electron chi connectivity index (χ1n) is 6.59. The highest BCUT2D eigenvalue weighted by atomic mass is 16.6. The van der Waals surface area contributed by atoms with Gasteiger partial charge in [-0.15, -0.1) is 0 Å². The quantitative estimate of drug-likeness (QED) is 0.666. The minimum absolute atomic E-state index is 0.0722. The molecule has 1 aliphatic carbocycles. The van der Waals surface area contributed by atoms with Crippen molar-refractivity contribution < 1.29 is 4.92 Å². The molecule has 2 rings (SSSR count). The minimum Gasteiger partial charge on any atom is -0.351 e.